The number of carbonyl (C=O) groups is 2. The average Bonchev–Trinajstić information content (AvgIpc) is 3.24. The number of ether oxygens (including phenoxy) is 1. The van der Waals surface area contributed by atoms with E-state index in [4.69, 9.17) is 4.74 Å². The summed E-state index contributed by atoms with van der Waals surface area (Å²) in [6.07, 6.45) is 6.02. The van der Waals surface area contributed by atoms with Gasteiger partial charge in [0.05, 0.1) is 7.11 Å². The molecule has 0 unspecified atom stereocenters. The van der Waals surface area contributed by atoms with Crippen molar-refractivity contribution in [3.8, 4) is 5.75 Å². The van der Waals surface area contributed by atoms with E-state index in [0.29, 0.717) is 6.42 Å². The van der Waals surface area contributed by atoms with Gasteiger partial charge in [-0.1, -0.05) is 55.7 Å². The third kappa shape index (κ3) is 3.15. The zero-order chi connectivity index (χ0) is 22.5. The molecule has 2 amide bonds. The molecule has 2 fully saturated rings. The van der Waals surface area contributed by atoms with Crippen LogP contribution in [0.5, 0.6) is 5.75 Å². The van der Waals surface area contributed by atoms with Gasteiger partial charge in [0.25, 0.3) is 0 Å². The Hall–Kier alpha value is -3.28. The number of aromatic nitrogens is 1. The molecule has 0 spiro atoms. The molecule has 2 aliphatic heterocycles. The van der Waals surface area contributed by atoms with Gasteiger partial charge in [0.2, 0.25) is 11.8 Å². The van der Waals surface area contributed by atoms with Gasteiger partial charge in [0, 0.05) is 34.6 Å². The van der Waals surface area contributed by atoms with Crippen LogP contribution in [0.15, 0.2) is 48.5 Å². The second-order valence-corrected chi connectivity index (χ2v) is 9.49. The van der Waals surface area contributed by atoms with E-state index in [9.17, 15) is 9.59 Å². The van der Waals surface area contributed by atoms with Gasteiger partial charge in [-0.15, -0.1) is 0 Å². The molecule has 170 valence electrons. The Labute approximate surface area is 193 Å². The monoisotopic (exact) mass is 443 g/mol. The number of para-hydroxylation sites is 2. The fourth-order valence-corrected chi connectivity index (χ4v) is 6.21. The van der Waals surface area contributed by atoms with Gasteiger partial charge in [-0.05, 0) is 30.5 Å². The molecule has 6 heteroatoms. The van der Waals surface area contributed by atoms with Crippen LogP contribution < -0.4 is 4.74 Å². The van der Waals surface area contributed by atoms with E-state index >= 15 is 0 Å². The molecule has 1 aromatic heterocycles. The van der Waals surface area contributed by atoms with Crippen LogP contribution in [0, 0.1) is 0 Å². The molecule has 3 aromatic rings. The fourth-order valence-electron chi connectivity index (χ4n) is 6.21. The standard InChI is InChI=1S/C27H29N3O3/c1-33-23-14-8-6-12-19(23)26-25-20(18-11-5-7-13-21(18)28-25)15-22-27(32)29(16-24(31)30(22)26)17-9-3-2-4-10-17/h5-8,11-14,17,22,26,28H,2-4,9-10,15-16H2,1H3/t22-,26-/m0/s1. The number of hydrogen-bond acceptors (Lipinski definition) is 3. The van der Waals surface area contributed by atoms with Crippen molar-refractivity contribution in [2.45, 2.75) is 56.7 Å². The van der Waals surface area contributed by atoms with Crippen LogP contribution in [0.4, 0.5) is 0 Å². The van der Waals surface area contributed by atoms with E-state index in [2.05, 4.69) is 17.1 Å². The molecule has 1 N–H and O–H groups in total. The number of nitrogens with zero attached hydrogens (tertiary/aromatic N) is 2. The number of methoxy groups -OCH3 is 1. The first-order valence-electron chi connectivity index (χ1n) is 12.0. The molecule has 3 heterocycles. The van der Waals surface area contributed by atoms with Gasteiger partial charge in [0.1, 0.15) is 24.4 Å². The number of hydrogen-bond donors (Lipinski definition) is 1. The van der Waals surface area contributed by atoms with E-state index < -0.39 is 6.04 Å². The summed E-state index contributed by atoms with van der Waals surface area (Å²) >= 11 is 0. The van der Waals surface area contributed by atoms with E-state index in [1.54, 1.807) is 7.11 Å². The number of carbonyl (C=O) groups excluding carboxylic acids is 2. The summed E-state index contributed by atoms with van der Waals surface area (Å²) in [5, 5.41) is 1.13. The van der Waals surface area contributed by atoms with Crippen LogP contribution >= 0.6 is 0 Å². The summed E-state index contributed by atoms with van der Waals surface area (Å²) in [4.78, 5) is 34.9. The topological polar surface area (TPSA) is 65.6 Å². The molecule has 1 aliphatic carbocycles. The largest absolute Gasteiger partial charge is 0.496 e. The van der Waals surface area contributed by atoms with Crippen LogP contribution in [-0.4, -0.2) is 52.3 Å². The number of amides is 2. The van der Waals surface area contributed by atoms with E-state index in [1.807, 2.05) is 46.2 Å². The summed E-state index contributed by atoms with van der Waals surface area (Å²) in [6, 6.07) is 15.3. The third-order valence-corrected chi connectivity index (χ3v) is 7.74. The van der Waals surface area contributed by atoms with Crippen LogP contribution in [-0.2, 0) is 16.0 Å². The zero-order valence-corrected chi connectivity index (χ0v) is 18.9. The Bertz CT molecular complexity index is 1230. The van der Waals surface area contributed by atoms with Crippen LogP contribution in [0.25, 0.3) is 10.9 Å². The minimum atomic E-state index is -0.491. The molecule has 2 atom stereocenters. The normalized spacial score (nSPS) is 23.5. The number of fused-ring (bicyclic) bond motifs is 4. The van der Waals surface area contributed by atoms with Gasteiger partial charge in [-0.2, -0.15) is 0 Å². The first-order valence-corrected chi connectivity index (χ1v) is 12.0. The molecule has 0 radical (unpaired) electrons. The van der Waals surface area contributed by atoms with Gasteiger partial charge in [-0.3, -0.25) is 9.59 Å². The molecule has 33 heavy (non-hydrogen) atoms. The van der Waals surface area contributed by atoms with Crippen molar-refractivity contribution < 1.29 is 14.3 Å². The molecule has 1 saturated heterocycles. The highest BCUT2D eigenvalue weighted by Gasteiger charge is 2.50. The quantitative estimate of drug-likeness (QED) is 0.660. The number of benzene rings is 2. The lowest BCUT2D eigenvalue weighted by molar-refractivity contribution is -0.161. The van der Waals surface area contributed by atoms with E-state index in [0.717, 1.165) is 59.2 Å². The van der Waals surface area contributed by atoms with Gasteiger partial charge < -0.3 is 19.5 Å². The zero-order valence-electron chi connectivity index (χ0n) is 18.9. The Balaban J connectivity index is 1.51. The van der Waals surface area contributed by atoms with Crippen molar-refractivity contribution in [1.29, 1.82) is 0 Å². The maximum absolute atomic E-state index is 13.9. The van der Waals surface area contributed by atoms with Crippen molar-refractivity contribution in [1.82, 2.24) is 14.8 Å². The summed E-state index contributed by atoms with van der Waals surface area (Å²) in [5.74, 6) is 0.838. The SMILES string of the molecule is COc1ccccc1[C@H]1c2[nH]c3ccccc3c2C[C@H]2C(=O)N(C3CCCCC3)CC(=O)N12. The summed E-state index contributed by atoms with van der Waals surface area (Å²) in [6.45, 7) is 0.168. The van der Waals surface area contributed by atoms with E-state index in [1.165, 1.54) is 6.42 Å². The molecule has 6 rings (SSSR count). The average molecular weight is 444 g/mol. The third-order valence-electron chi connectivity index (χ3n) is 7.74. The van der Waals surface area contributed by atoms with Crippen molar-refractivity contribution in [3.63, 3.8) is 0 Å². The van der Waals surface area contributed by atoms with Crippen molar-refractivity contribution in [2.75, 3.05) is 13.7 Å². The van der Waals surface area contributed by atoms with Crippen LogP contribution in [0.1, 0.15) is 55.0 Å². The predicted molar refractivity (Wildman–Crippen MR) is 126 cm³/mol. The maximum Gasteiger partial charge on any atom is 0.246 e. The highest BCUT2D eigenvalue weighted by atomic mass is 16.5. The Morgan fingerprint density at radius 3 is 2.55 bits per heavy atom. The molecule has 6 nitrogen and oxygen atoms in total. The minimum absolute atomic E-state index is 0.0189. The number of H-pyrrole nitrogens is 1. The lowest BCUT2D eigenvalue weighted by Gasteiger charge is -2.49. The fraction of sp³-hybridized carbons (Fsp3) is 0.407. The number of piperazine rings is 1. The van der Waals surface area contributed by atoms with Crippen molar-refractivity contribution in [3.05, 3.63) is 65.4 Å². The van der Waals surface area contributed by atoms with Crippen LogP contribution in [0.3, 0.4) is 0 Å². The van der Waals surface area contributed by atoms with Gasteiger partial charge in [0.15, 0.2) is 0 Å². The summed E-state index contributed by atoms with van der Waals surface area (Å²) in [7, 11) is 1.65. The molecule has 1 saturated carbocycles. The molecular formula is C27H29N3O3. The maximum atomic E-state index is 13.9. The molecule has 3 aliphatic rings. The van der Waals surface area contributed by atoms with Gasteiger partial charge >= 0.3 is 0 Å². The molecule has 2 aromatic carbocycles. The Kier molecular flexibility index (Phi) is 4.89. The number of nitrogens with one attached hydrogen (secondary N) is 1. The highest BCUT2D eigenvalue weighted by molar-refractivity contribution is 5.98. The smallest absolute Gasteiger partial charge is 0.246 e. The van der Waals surface area contributed by atoms with E-state index in [-0.39, 0.29) is 30.4 Å². The first-order chi connectivity index (χ1) is 16.2. The van der Waals surface area contributed by atoms with Crippen molar-refractivity contribution in [2.24, 2.45) is 0 Å². The van der Waals surface area contributed by atoms with Gasteiger partial charge in [-0.25, -0.2) is 0 Å². The Morgan fingerprint density at radius 1 is 0.970 bits per heavy atom. The lowest BCUT2D eigenvalue weighted by atomic mass is 9.84. The minimum Gasteiger partial charge on any atom is -0.496 e. The number of aromatic amines is 1. The summed E-state index contributed by atoms with van der Waals surface area (Å²) < 4.78 is 5.70. The highest BCUT2D eigenvalue weighted by Crippen LogP contribution is 2.45. The molecular weight excluding hydrogens is 414 g/mol. The molecule has 0 bridgehead atoms. The first kappa shape index (κ1) is 20.3. The lowest BCUT2D eigenvalue weighted by Crippen LogP contribution is -2.65. The summed E-state index contributed by atoms with van der Waals surface area (Å²) in [5.41, 5.74) is 4.06. The number of rotatable bonds is 3. The predicted octanol–water partition coefficient (Wildman–Crippen LogP) is 4.19. The van der Waals surface area contributed by atoms with Crippen molar-refractivity contribution >= 4 is 22.7 Å². The second kappa shape index (κ2) is 7.94. The Morgan fingerprint density at radius 2 is 1.73 bits per heavy atom. The second-order valence-electron chi connectivity index (χ2n) is 9.49. The van der Waals surface area contributed by atoms with Crippen LogP contribution in [0.2, 0.25) is 0 Å².